The van der Waals surface area contributed by atoms with E-state index in [2.05, 4.69) is 19.8 Å². The van der Waals surface area contributed by atoms with Crippen LogP contribution in [-0.4, -0.2) is 24.2 Å². The molecule has 0 aliphatic rings. The molecule has 1 aromatic carbocycles. The van der Waals surface area contributed by atoms with Crippen molar-refractivity contribution in [3.8, 4) is 11.3 Å². The zero-order chi connectivity index (χ0) is 18.1. The van der Waals surface area contributed by atoms with Crippen LogP contribution in [0.2, 0.25) is 0 Å². The fourth-order valence-corrected chi connectivity index (χ4v) is 3.68. The SMILES string of the molecule is FC(F)(F)c1ccc2nnc(SCc3ccc(-c4csnn4)cc3)n2c1. The standard InChI is InChI=1S/C16H10F3N5S2/c17-16(18,19)12-5-6-14-21-22-15(24(14)7-12)25-8-10-1-3-11(4-2-10)13-9-26-23-20-13/h1-7,9H,8H2. The van der Waals surface area contributed by atoms with Crippen molar-refractivity contribution < 1.29 is 13.2 Å². The Morgan fingerprint density at radius 1 is 1.00 bits per heavy atom. The average molecular weight is 393 g/mol. The Hall–Kier alpha value is -2.46. The molecule has 4 rings (SSSR count). The molecule has 3 heterocycles. The number of hydrogen-bond acceptors (Lipinski definition) is 6. The lowest BCUT2D eigenvalue weighted by Crippen LogP contribution is -2.06. The van der Waals surface area contributed by atoms with Crippen LogP contribution in [0.15, 0.2) is 53.1 Å². The van der Waals surface area contributed by atoms with E-state index in [0.717, 1.165) is 29.1 Å². The van der Waals surface area contributed by atoms with Gasteiger partial charge in [-0.25, -0.2) is 0 Å². The van der Waals surface area contributed by atoms with Crippen molar-refractivity contribution in [3.05, 3.63) is 59.1 Å². The minimum absolute atomic E-state index is 0.381. The monoisotopic (exact) mass is 393 g/mol. The highest BCUT2D eigenvalue weighted by atomic mass is 32.2. The summed E-state index contributed by atoms with van der Waals surface area (Å²) in [5, 5.41) is 14.2. The fraction of sp³-hybridized carbons (Fsp3) is 0.125. The van der Waals surface area contributed by atoms with E-state index in [1.807, 2.05) is 29.6 Å². The lowest BCUT2D eigenvalue weighted by atomic mass is 10.1. The minimum atomic E-state index is -4.40. The van der Waals surface area contributed by atoms with Gasteiger partial charge in [0.2, 0.25) is 0 Å². The van der Waals surface area contributed by atoms with E-state index >= 15 is 0 Å². The molecule has 0 unspecified atom stereocenters. The number of rotatable bonds is 4. The summed E-state index contributed by atoms with van der Waals surface area (Å²) in [6.45, 7) is 0. The molecule has 26 heavy (non-hydrogen) atoms. The predicted octanol–water partition coefficient (Wildman–Crippen LogP) is 4.56. The molecule has 0 saturated carbocycles. The van der Waals surface area contributed by atoms with E-state index < -0.39 is 11.7 Å². The lowest BCUT2D eigenvalue weighted by molar-refractivity contribution is -0.137. The zero-order valence-electron chi connectivity index (χ0n) is 13.0. The molecule has 0 bridgehead atoms. The van der Waals surface area contributed by atoms with Crippen molar-refractivity contribution in [1.29, 1.82) is 0 Å². The molecule has 3 aromatic heterocycles. The van der Waals surface area contributed by atoms with Crippen LogP contribution in [0, 0.1) is 0 Å². The summed E-state index contributed by atoms with van der Waals surface area (Å²) in [5.41, 5.74) is 2.46. The molecule has 0 spiro atoms. The molecule has 0 amide bonds. The normalized spacial score (nSPS) is 12.0. The van der Waals surface area contributed by atoms with E-state index in [1.54, 1.807) is 0 Å². The maximum atomic E-state index is 12.9. The van der Waals surface area contributed by atoms with Gasteiger partial charge in [-0.15, -0.1) is 15.3 Å². The molecule has 10 heteroatoms. The molecule has 132 valence electrons. The maximum absolute atomic E-state index is 12.9. The molecule has 0 saturated heterocycles. The number of fused-ring (bicyclic) bond motifs is 1. The highest BCUT2D eigenvalue weighted by molar-refractivity contribution is 7.98. The molecule has 5 nitrogen and oxygen atoms in total. The molecular formula is C16H10F3N5S2. The second kappa shape index (κ2) is 6.69. The van der Waals surface area contributed by atoms with Crippen molar-refractivity contribution >= 4 is 28.9 Å². The van der Waals surface area contributed by atoms with Crippen LogP contribution in [-0.2, 0) is 11.9 Å². The summed E-state index contributed by atoms with van der Waals surface area (Å²) in [5.74, 6) is 0.562. The first-order valence-corrected chi connectivity index (χ1v) is 9.24. The van der Waals surface area contributed by atoms with Crippen LogP contribution < -0.4 is 0 Å². The van der Waals surface area contributed by atoms with Gasteiger partial charge in [-0.3, -0.25) is 4.40 Å². The number of alkyl halides is 3. The Labute approximate surface area is 154 Å². The number of hydrogen-bond donors (Lipinski definition) is 0. The second-order valence-electron chi connectivity index (χ2n) is 5.40. The van der Waals surface area contributed by atoms with Crippen molar-refractivity contribution in [2.24, 2.45) is 0 Å². The van der Waals surface area contributed by atoms with Gasteiger partial charge in [-0.1, -0.05) is 40.5 Å². The van der Waals surface area contributed by atoms with Crippen molar-refractivity contribution in [2.75, 3.05) is 0 Å². The molecule has 4 aromatic rings. The van der Waals surface area contributed by atoms with E-state index in [0.29, 0.717) is 16.6 Å². The molecule has 0 N–H and O–H groups in total. The fourth-order valence-electron chi connectivity index (χ4n) is 2.35. The van der Waals surface area contributed by atoms with E-state index in [9.17, 15) is 13.2 Å². The Balaban J connectivity index is 1.52. The third-order valence-electron chi connectivity index (χ3n) is 3.68. The van der Waals surface area contributed by atoms with Gasteiger partial charge in [0, 0.05) is 22.9 Å². The van der Waals surface area contributed by atoms with Gasteiger partial charge in [-0.2, -0.15) is 13.2 Å². The van der Waals surface area contributed by atoms with Crippen LogP contribution in [0.25, 0.3) is 16.9 Å². The number of benzene rings is 1. The predicted molar refractivity (Wildman–Crippen MR) is 92.9 cm³/mol. The number of aromatic nitrogens is 5. The molecular weight excluding hydrogens is 383 g/mol. The third-order valence-corrected chi connectivity index (χ3v) is 5.19. The first-order valence-electron chi connectivity index (χ1n) is 7.42. The van der Waals surface area contributed by atoms with Crippen molar-refractivity contribution in [1.82, 2.24) is 24.2 Å². The van der Waals surface area contributed by atoms with Crippen LogP contribution in [0.3, 0.4) is 0 Å². The number of thioether (sulfide) groups is 1. The summed E-state index contributed by atoms with van der Waals surface area (Å²) in [4.78, 5) is 0. The number of pyridine rings is 1. The van der Waals surface area contributed by atoms with Crippen molar-refractivity contribution in [2.45, 2.75) is 17.1 Å². The molecule has 0 radical (unpaired) electrons. The summed E-state index contributed by atoms with van der Waals surface area (Å²) in [7, 11) is 0. The van der Waals surface area contributed by atoms with Gasteiger partial charge < -0.3 is 0 Å². The maximum Gasteiger partial charge on any atom is 0.417 e. The van der Waals surface area contributed by atoms with Gasteiger partial charge in [-0.05, 0) is 29.2 Å². The molecule has 0 fully saturated rings. The quantitative estimate of drug-likeness (QED) is 0.476. The van der Waals surface area contributed by atoms with Gasteiger partial charge in [0.05, 0.1) is 5.56 Å². The molecule has 0 aliphatic carbocycles. The Bertz CT molecular complexity index is 1030. The molecule has 0 atom stereocenters. The lowest BCUT2D eigenvalue weighted by Gasteiger charge is -2.07. The van der Waals surface area contributed by atoms with E-state index in [4.69, 9.17) is 0 Å². The summed E-state index contributed by atoms with van der Waals surface area (Å²) in [6, 6.07) is 10.1. The van der Waals surface area contributed by atoms with Gasteiger partial charge in [0.1, 0.15) is 5.69 Å². The average Bonchev–Trinajstić information content (AvgIpc) is 3.29. The summed E-state index contributed by atoms with van der Waals surface area (Å²) in [6.07, 6.45) is -3.38. The van der Waals surface area contributed by atoms with E-state index in [1.165, 1.54) is 33.8 Å². The summed E-state index contributed by atoms with van der Waals surface area (Å²) < 4.78 is 43.9. The van der Waals surface area contributed by atoms with Crippen LogP contribution >= 0.6 is 23.3 Å². The number of nitrogens with zero attached hydrogens (tertiary/aromatic N) is 5. The Morgan fingerprint density at radius 2 is 1.81 bits per heavy atom. The number of halogens is 3. The minimum Gasteiger partial charge on any atom is -0.277 e. The third kappa shape index (κ3) is 3.42. The largest absolute Gasteiger partial charge is 0.417 e. The molecule has 0 aliphatic heterocycles. The Kier molecular flexibility index (Phi) is 4.37. The summed E-state index contributed by atoms with van der Waals surface area (Å²) >= 11 is 2.62. The topological polar surface area (TPSA) is 56.0 Å². The first kappa shape index (κ1) is 17.0. The Morgan fingerprint density at radius 3 is 2.50 bits per heavy atom. The zero-order valence-corrected chi connectivity index (χ0v) is 14.6. The van der Waals surface area contributed by atoms with Crippen LogP contribution in [0.5, 0.6) is 0 Å². The smallest absolute Gasteiger partial charge is 0.277 e. The van der Waals surface area contributed by atoms with E-state index in [-0.39, 0.29) is 0 Å². The van der Waals surface area contributed by atoms with Gasteiger partial charge in [0.25, 0.3) is 0 Å². The van der Waals surface area contributed by atoms with Gasteiger partial charge >= 0.3 is 6.18 Å². The van der Waals surface area contributed by atoms with Crippen LogP contribution in [0.4, 0.5) is 13.2 Å². The van der Waals surface area contributed by atoms with Crippen molar-refractivity contribution in [3.63, 3.8) is 0 Å². The van der Waals surface area contributed by atoms with Gasteiger partial charge in [0.15, 0.2) is 10.8 Å². The first-order chi connectivity index (χ1) is 12.5. The second-order valence-corrected chi connectivity index (χ2v) is 6.95. The highest BCUT2D eigenvalue weighted by Gasteiger charge is 2.31. The highest BCUT2D eigenvalue weighted by Crippen LogP contribution is 2.30. The van der Waals surface area contributed by atoms with Crippen LogP contribution in [0.1, 0.15) is 11.1 Å².